The van der Waals surface area contributed by atoms with Crippen LogP contribution in [0.15, 0.2) is 97.2 Å². The summed E-state index contributed by atoms with van der Waals surface area (Å²) < 4.78 is 16.6. The summed E-state index contributed by atoms with van der Waals surface area (Å²) in [5, 5.41) is 0. The predicted octanol–water partition coefficient (Wildman–Crippen LogP) is 15.8. The van der Waals surface area contributed by atoms with E-state index in [0.717, 1.165) is 57.8 Å². The van der Waals surface area contributed by atoms with Gasteiger partial charge in [-0.2, -0.15) is 0 Å². The first kappa shape index (κ1) is 56.3. The summed E-state index contributed by atoms with van der Waals surface area (Å²) in [6.07, 6.45) is 62.7. The van der Waals surface area contributed by atoms with E-state index in [1.54, 1.807) is 0 Å². The van der Waals surface area contributed by atoms with Crippen LogP contribution in [0.3, 0.4) is 0 Å². The van der Waals surface area contributed by atoms with Gasteiger partial charge in [-0.05, 0) is 77.0 Å². The van der Waals surface area contributed by atoms with Gasteiger partial charge < -0.3 is 14.2 Å². The minimum Gasteiger partial charge on any atom is -0.462 e. The van der Waals surface area contributed by atoms with Crippen LogP contribution < -0.4 is 0 Å². The SMILES string of the molecule is CC\C=C/C=C\C=C/C=C\C=C/CCCC(=O)OC(COC(=O)CC/C=C\C/C=C\CCCCCCCC)COC(=O)CCCCCCC/C=C\CCCCCCCCC. The number of carbonyl (C=O) groups is 3. The first-order valence-electron chi connectivity index (χ1n) is 24.3. The second-order valence-electron chi connectivity index (χ2n) is 15.8. The van der Waals surface area contributed by atoms with Crippen molar-refractivity contribution in [2.24, 2.45) is 0 Å². The van der Waals surface area contributed by atoms with E-state index >= 15 is 0 Å². The Morgan fingerprint density at radius 2 is 0.767 bits per heavy atom. The van der Waals surface area contributed by atoms with Gasteiger partial charge >= 0.3 is 17.9 Å². The van der Waals surface area contributed by atoms with Crippen molar-refractivity contribution in [2.45, 2.75) is 213 Å². The van der Waals surface area contributed by atoms with Gasteiger partial charge in [0.05, 0.1) is 0 Å². The van der Waals surface area contributed by atoms with E-state index in [2.05, 4.69) is 57.2 Å². The predicted molar refractivity (Wildman–Crippen MR) is 256 cm³/mol. The summed E-state index contributed by atoms with van der Waals surface area (Å²) in [6, 6.07) is 0. The maximum absolute atomic E-state index is 12.7. The molecule has 60 heavy (non-hydrogen) atoms. The number of carbonyl (C=O) groups excluding carboxylic acids is 3. The van der Waals surface area contributed by atoms with Crippen LogP contribution in [-0.4, -0.2) is 37.2 Å². The van der Waals surface area contributed by atoms with E-state index in [-0.39, 0.29) is 38.0 Å². The molecule has 6 nitrogen and oxygen atoms in total. The third-order valence-corrected chi connectivity index (χ3v) is 9.93. The summed E-state index contributed by atoms with van der Waals surface area (Å²) in [5.74, 6) is -1.09. The molecule has 0 heterocycles. The average Bonchev–Trinajstić information content (AvgIpc) is 3.24. The Balaban J connectivity index is 4.56. The lowest BCUT2D eigenvalue weighted by Gasteiger charge is -2.18. The van der Waals surface area contributed by atoms with Crippen molar-refractivity contribution < 1.29 is 28.6 Å². The van der Waals surface area contributed by atoms with E-state index in [1.807, 2.05) is 60.8 Å². The highest BCUT2D eigenvalue weighted by atomic mass is 16.6. The van der Waals surface area contributed by atoms with Crippen molar-refractivity contribution >= 4 is 17.9 Å². The number of allylic oxidation sites excluding steroid dienone is 16. The molecule has 6 heteroatoms. The summed E-state index contributed by atoms with van der Waals surface area (Å²) in [6.45, 7) is 6.34. The van der Waals surface area contributed by atoms with Gasteiger partial charge in [0.1, 0.15) is 13.2 Å². The Morgan fingerprint density at radius 3 is 1.30 bits per heavy atom. The lowest BCUT2D eigenvalue weighted by molar-refractivity contribution is -0.166. The molecule has 0 aliphatic rings. The number of esters is 3. The maximum Gasteiger partial charge on any atom is 0.306 e. The standard InChI is InChI=1S/C54H88O6/c1-4-7-10-13-16-19-22-25-26-27-30-32-35-38-41-44-47-53(56)59-50-51(60-54(57)48-45-42-39-36-33-29-24-21-18-15-12-9-6-3)49-58-52(55)46-43-40-37-34-31-28-23-20-17-14-11-8-5-2/h9,12,15,18,21,24,26-29,31,33,36-37,39-40,51H,4-8,10-11,13-14,16-17,19-20,22-23,25,30,32,34-35,38,41-50H2,1-3H3/b12-9-,18-15-,24-21-,27-26-,31-28-,33-29-,39-36-,40-37-. The highest BCUT2D eigenvalue weighted by Gasteiger charge is 2.19. The zero-order valence-electron chi connectivity index (χ0n) is 38.7. The van der Waals surface area contributed by atoms with E-state index in [1.165, 1.54) is 96.3 Å². The quantitative estimate of drug-likeness (QED) is 0.0200. The number of rotatable bonds is 42. The smallest absolute Gasteiger partial charge is 0.306 e. The molecule has 0 fully saturated rings. The molecule has 0 aromatic heterocycles. The highest BCUT2D eigenvalue weighted by molar-refractivity contribution is 5.71. The molecule has 0 N–H and O–H groups in total. The molecule has 340 valence electrons. The molecule has 0 aliphatic carbocycles. The normalized spacial score (nSPS) is 12.9. The third kappa shape index (κ3) is 45.4. The minimum atomic E-state index is -0.839. The molecule has 0 saturated heterocycles. The third-order valence-electron chi connectivity index (χ3n) is 9.93. The van der Waals surface area contributed by atoms with Gasteiger partial charge in [-0.25, -0.2) is 0 Å². The van der Waals surface area contributed by atoms with E-state index in [0.29, 0.717) is 19.3 Å². The molecule has 0 amide bonds. The first-order chi connectivity index (χ1) is 29.5. The lowest BCUT2D eigenvalue weighted by Crippen LogP contribution is -2.30. The minimum absolute atomic E-state index is 0.129. The Morgan fingerprint density at radius 1 is 0.367 bits per heavy atom. The van der Waals surface area contributed by atoms with Crippen molar-refractivity contribution in [3.8, 4) is 0 Å². The fourth-order valence-corrected chi connectivity index (χ4v) is 6.28. The molecule has 0 radical (unpaired) electrons. The molecule has 0 aliphatic heterocycles. The van der Waals surface area contributed by atoms with Crippen LogP contribution in [0.25, 0.3) is 0 Å². The Hall–Kier alpha value is -3.67. The fourth-order valence-electron chi connectivity index (χ4n) is 6.28. The van der Waals surface area contributed by atoms with Crippen molar-refractivity contribution in [2.75, 3.05) is 13.2 Å². The molecule has 0 saturated carbocycles. The van der Waals surface area contributed by atoms with Crippen molar-refractivity contribution in [1.82, 2.24) is 0 Å². The summed E-state index contributed by atoms with van der Waals surface area (Å²) in [4.78, 5) is 37.8. The second kappa shape index (κ2) is 48.0. The van der Waals surface area contributed by atoms with Gasteiger partial charge in [0.15, 0.2) is 6.10 Å². The van der Waals surface area contributed by atoms with Crippen molar-refractivity contribution in [1.29, 1.82) is 0 Å². The lowest BCUT2D eigenvalue weighted by atomic mass is 10.1. The van der Waals surface area contributed by atoms with Gasteiger partial charge in [-0.1, -0.05) is 208 Å². The maximum atomic E-state index is 12.7. The van der Waals surface area contributed by atoms with Crippen LogP contribution >= 0.6 is 0 Å². The number of ether oxygens (including phenoxy) is 3. The topological polar surface area (TPSA) is 78.9 Å². The van der Waals surface area contributed by atoms with Crippen molar-refractivity contribution in [3.05, 3.63) is 97.2 Å². The fraction of sp³-hybridized carbons (Fsp3) is 0.648. The second-order valence-corrected chi connectivity index (χ2v) is 15.8. The van der Waals surface area contributed by atoms with Gasteiger partial charge in [-0.3, -0.25) is 14.4 Å². The van der Waals surface area contributed by atoms with E-state index in [4.69, 9.17) is 14.2 Å². The largest absolute Gasteiger partial charge is 0.462 e. The number of hydrogen-bond acceptors (Lipinski definition) is 6. The molecular weight excluding hydrogens is 745 g/mol. The zero-order chi connectivity index (χ0) is 43.7. The van der Waals surface area contributed by atoms with Crippen LogP contribution in [-0.2, 0) is 28.6 Å². The summed E-state index contributed by atoms with van der Waals surface area (Å²) in [7, 11) is 0. The van der Waals surface area contributed by atoms with Crippen LogP contribution in [0, 0.1) is 0 Å². The number of hydrogen-bond donors (Lipinski definition) is 0. The van der Waals surface area contributed by atoms with Crippen LogP contribution in [0.2, 0.25) is 0 Å². The average molecular weight is 833 g/mol. The molecule has 0 aromatic carbocycles. The highest BCUT2D eigenvalue weighted by Crippen LogP contribution is 2.12. The van der Waals surface area contributed by atoms with Gasteiger partial charge in [0, 0.05) is 19.3 Å². The van der Waals surface area contributed by atoms with Gasteiger partial charge in [0.25, 0.3) is 0 Å². The monoisotopic (exact) mass is 833 g/mol. The van der Waals surface area contributed by atoms with Gasteiger partial charge in [-0.15, -0.1) is 0 Å². The van der Waals surface area contributed by atoms with Crippen LogP contribution in [0.5, 0.6) is 0 Å². The molecule has 1 atom stereocenters. The van der Waals surface area contributed by atoms with Crippen LogP contribution in [0.1, 0.15) is 207 Å². The van der Waals surface area contributed by atoms with Gasteiger partial charge in [0.2, 0.25) is 0 Å². The summed E-state index contributed by atoms with van der Waals surface area (Å²) in [5.41, 5.74) is 0. The zero-order valence-corrected chi connectivity index (χ0v) is 38.7. The number of unbranched alkanes of at least 4 members (excludes halogenated alkanes) is 19. The molecular formula is C54H88O6. The summed E-state index contributed by atoms with van der Waals surface area (Å²) >= 11 is 0. The first-order valence-corrected chi connectivity index (χ1v) is 24.3. The van der Waals surface area contributed by atoms with Crippen LogP contribution in [0.4, 0.5) is 0 Å². The molecule has 1 unspecified atom stereocenters. The Labute approximate surface area is 368 Å². The van der Waals surface area contributed by atoms with Crippen molar-refractivity contribution in [3.63, 3.8) is 0 Å². The molecule has 0 spiro atoms. The molecule has 0 aromatic rings. The molecule has 0 rings (SSSR count). The molecule has 0 bridgehead atoms. The Kier molecular flexibility index (Phi) is 45.1. The van der Waals surface area contributed by atoms with E-state index < -0.39 is 12.1 Å². The Bertz CT molecular complexity index is 1230. The van der Waals surface area contributed by atoms with E-state index in [9.17, 15) is 14.4 Å².